The van der Waals surface area contributed by atoms with Crippen molar-refractivity contribution in [1.29, 1.82) is 0 Å². The van der Waals surface area contributed by atoms with Crippen LogP contribution in [0.25, 0.3) is 16.6 Å². The fraction of sp³-hybridized carbons (Fsp3) is 0.450. The van der Waals surface area contributed by atoms with Gasteiger partial charge >= 0.3 is 5.97 Å². The Hall–Kier alpha value is -1.78. The molecule has 132 valence electrons. The van der Waals surface area contributed by atoms with Gasteiger partial charge in [-0.2, -0.15) is 0 Å². The monoisotopic (exact) mass is 358 g/mol. The van der Waals surface area contributed by atoms with E-state index < -0.39 is 5.97 Å². The number of carboxylic acids is 1. The first kappa shape index (κ1) is 16.7. The van der Waals surface area contributed by atoms with Gasteiger partial charge in [0.25, 0.3) is 0 Å². The van der Waals surface area contributed by atoms with Crippen molar-refractivity contribution in [2.24, 2.45) is 5.41 Å². The SMILES string of the molecule is CCC12C=C(C(=O)O)n3c4c(c5ccccc53)CCN(CCC1)C42.Cl. The van der Waals surface area contributed by atoms with Crippen molar-refractivity contribution in [2.45, 2.75) is 38.6 Å². The molecule has 3 aliphatic rings. The Bertz CT molecular complexity index is 900. The van der Waals surface area contributed by atoms with Gasteiger partial charge in [-0.15, -0.1) is 12.4 Å². The average molecular weight is 359 g/mol. The molecule has 0 aliphatic carbocycles. The topological polar surface area (TPSA) is 45.5 Å². The number of aromatic nitrogens is 1. The van der Waals surface area contributed by atoms with Crippen molar-refractivity contribution in [3.05, 3.63) is 41.6 Å². The molecule has 2 atom stereocenters. The van der Waals surface area contributed by atoms with Crippen molar-refractivity contribution < 1.29 is 9.90 Å². The zero-order valence-electron chi connectivity index (χ0n) is 14.4. The van der Waals surface area contributed by atoms with Crippen molar-refractivity contribution in [3.63, 3.8) is 0 Å². The first-order valence-electron chi connectivity index (χ1n) is 8.99. The molecule has 4 heterocycles. The Balaban J connectivity index is 0.00000157. The van der Waals surface area contributed by atoms with E-state index in [4.69, 9.17) is 0 Å². The molecule has 0 radical (unpaired) electrons. The first-order valence-corrected chi connectivity index (χ1v) is 8.99. The van der Waals surface area contributed by atoms with Gasteiger partial charge in [0.15, 0.2) is 0 Å². The number of hydrogen-bond donors (Lipinski definition) is 1. The Morgan fingerprint density at radius 3 is 2.88 bits per heavy atom. The minimum Gasteiger partial charge on any atom is -0.477 e. The lowest BCUT2D eigenvalue weighted by Crippen LogP contribution is -2.51. The van der Waals surface area contributed by atoms with Crippen molar-refractivity contribution >= 4 is 35.0 Å². The van der Waals surface area contributed by atoms with E-state index in [0.29, 0.717) is 11.7 Å². The largest absolute Gasteiger partial charge is 0.477 e. The fourth-order valence-electron chi connectivity index (χ4n) is 5.44. The molecule has 2 unspecified atom stereocenters. The van der Waals surface area contributed by atoms with Gasteiger partial charge in [-0.05, 0) is 49.9 Å². The van der Waals surface area contributed by atoms with Gasteiger partial charge in [-0.3, -0.25) is 4.90 Å². The maximum absolute atomic E-state index is 12.1. The second-order valence-electron chi connectivity index (χ2n) is 7.43. The van der Waals surface area contributed by atoms with Gasteiger partial charge in [0.1, 0.15) is 5.70 Å². The molecular weight excluding hydrogens is 336 g/mol. The van der Waals surface area contributed by atoms with E-state index in [0.717, 1.165) is 44.3 Å². The molecule has 1 aromatic heterocycles. The number of benzene rings is 1. The fourth-order valence-corrected chi connectivity index (χ4v) is 5.44. The van der Waals surface area contributed by atoms with Crippen LogP contribution in [-0.2, 0) is 11.2 Å². The smallest absolute Gasteiger partial charge is 0.352 e. The number of nitrogens with zero attached hydrogens (tertiary/aromatic N) is 2. The van der Waals surface area contributed by atoms with Gasteiger partial charge in [-0.1, -0.05) is 25.1 Å². The second kappa shape index (κ2) is 5.61. The maximum atomic E-state index is 12.1. The van der Waals surface area contributed by atoms with Crippen LogP contribution in [0.15, 0.2) is 30.3 Å². The zero-order chi connectivity index (χ0) is 16.5. The summed E-state index contributed by atoms with van der Waals surface area (Å²) < 4.78 is 2.04. The van der Waals surface area contributed by atoms with Crippen LogP contribution in [0.3, 0.4) is 0 Å². The summed E-state index contributed by atoms with van der Waals surface area (Å²) >= 11 is 0. The maximum Gasteiger partial charge on any atom is 0.352 e. The number of carboxylic acid groups (broad SMARTS) is 1. The summed E-state index contributed by atoms with van der Waals surface area (Å²) in [6.45, 7) is 4.43. The summed E-state index contributed by atoms with van der Waals surface area (Å²) in [5, 5.41) is 11.2. The second-order valence-corrected chi connectivity index (χ2v) is 7.43. The van der Waals surface area contributed by atoms with Crippen LogP contribution in [0.5, 0.6) is 0 Å². The normalized spacial score (nSPS) is 27.4. The molecule has 0 amide bonds. The van der Waals surface area contributed by atoms with Gasteiger partial charge in [0.2, 0.25) is 0 Å². The summed E-state index contributed by atoms with van der Waals surface area (Å²) in [5.41, 5.74) is 4.09. The Morgan fingerprint density at radius 1 is 1.32 bits per heavy atom. The van der Waals surface area contributed by atoms with E-state index in [1.165, 1.54) is 16.6 Å². The number of fused-ring (bicyclic) bond motifs is 3. The van der Waals surface area contributed by atoms with E-state index in [1.54, 1.807) is 0 Å². The van der Waals surface area contributed by atoms with Gasteiger partial charge < -0.3 is 9.67 Å². The predicted molar refractivity (Wildman–Crippen MR) is 101 cm³/mol. The molecule has 1 aromatic carbocycles. The van der Waals surface area contributed by atoms with Crippen LogP contribution in [0, 0.1) is 5.41 Å². The van der Waals surface area contributed by atoms with Crippen molar-refractivity contribution in [2.75, 3.05) is 13.1 Å². The third kappa shape index (κ3) is 2.01. The van der Waals surface area contributed by atoms with Crippen LogP contribution in [-0.4, -0.2) is 33.6 Å². The predicted octanol–water partition coefficient (Wildman–Crippen LogP) is 4.09. The summed E-state index contributed by atoms with van der Waals surface area (Å²) in [6, 6.07) is 8.63. The summed E-state index contributed by atoms with van der Waals surface area (Å²) in [6.07, 6.45) is 6.34. The van der Waals surface area contributed by atoms with Crippen molar-refractivity contribution in [1.82, 2.24) is 9.47 Å². The number of halogens is 1. The molecule has 4 nitrogen and oxygen atoms in total. The van der Waals surface area contributed by atoms with E-state index in [-0.39, 0.29) is 17.8 Å². The third-order valence-corrected chi connectivity index (χ3v) is 6.47. The molecule has 25 heavy (non-hydrogen) atoms. The molecular formula is C20H23ClN2O2. The summed E-state index contributed by atoms with van der Waals surface area (Å²) in [4.78, 5) is 14.7. The lowest BCUT2D eigenvalue weighted by molar-refractivity contribution is -0.131. The van der Waals surface area contributed by atoms with Crippen LogP contribution < -0.4 is 0 Å². The van der Waals surface area contributed by atoms with E-state index in [9.17, 15) is 9.90 Å². The highest BCUT2D eigenvalue weighted by molar-refractivity contribution is 6.12. The van der Waals surface area contributed by atoms with Crippen LogP contribution in [0.4, 0.5) is 0 Å². The Morgan fingerprint density at radius 2 is 2.12 bits per heavy atom. The van der Waals surface area contributed by atoms with Crippen LogP contribution >= 0.6 is 12.4 Å². The van der Waals surface area contributed by atoms with E-state index >= 15 is 0 Å². The van der Waals surface area contributed by atoms with Gasteiger partial charge in [0, 0.05) is 23.0 Å². The van der Waals surface area contributed by atoms with E-state index in [2.05, 4.69) is 36.1 Å². The minimum absolute atomic E-state index is 0. The van der Waals surface area contributed by atoms with Crippen LogP contribution in [0.2, 0.25) is 0 Å². The van der Waals surface area contributed by atoms with Gasteiger partial charge in [0.05, 0.1) is 11.6 Å². The zero-order valence-corrected chi connectivity index (χ0v) is 15.2. The van der Waals surface area contributed by atoms with Gasteiger partial charge in [-0.25, -0.2) is 4.79 Å². The molecule has 3 aliphatic heterocycles. The molecule has 1 fully saturated rings. The minimum atomic E-state index is -0.812. The molecule has 1 N–H and O–H groups in total. The molecule has 0 spiro atoms. The highest BCUT2D eigenvalue weighted by Gasteiger charge is 2.50. The lowest BCUT2D eigenvalue weighted by atomic mass is 9.66. The summed E-state index contributed by atoms with van der Waals surface area (Å²) in [7, 11) is 0. The number of para-hydroxylation sites is 1. The summed E-state index contributed by atoms with van der Waals surface area (Å²) in [5.74, 6) is -0.812. The molecule has 2 aromatic rings. The number of carbonyl (C=O) groups is 1. The number of hydrogen-bond acceptors (Lipinski definition) is 2. The third-order valence-electron chi connectivity index (χ3n) is 6.47. The highest BCUT2D eigenvalue weighted by atomic mass is 35.5. The number of aliphatic carboxylic acids is 1. The van der Waals surface area contributed by atoms with E-state index in [1.807, 2.05) is 10.6 Å². The molecule has 0 saturated carbocycles. The molecule has 5 heteroatoms. The average Bonchev–Trinajstić information content (AvgIpc) is 2.95. The Kier molecular flexibility index (Phi) is 3.74. The van der Waals surface area contributed by atoms with Crippen LogP contribution in [0.1, 0.15) is 43.5 Å². The number of rotatable bonds is 2. The quantitative estimate of drug-likeness (QED) is 0.879. The molecule has 0 bridgehead atoms. The lowest BCUT2D eigenvalue weighted by Gasteiger charge is -2.53. The molecule has 1 saturated heterocycles. The Labute approximate surface area is 153 Å². The molecule has 5 rings (SSSR count). The van der Waals surface area contributed by atoms with Crippen molar-refractivity contribution in [3.8, 4) is 0 Å². The highest BCUT2D eigenvalue weighted by Crippen LogP contribution is 2.56. The number of piperidine rings is 1. The standard InChI is InChI=1S/C20H22N2O2.ClH/c1-2-20-9-5-10-21-11-8-14-13-6-3-4-7-15(13)22(17(14)18(20)21)16(12-20)19(23)24;/h3-4,6-7,12,18H,2,5,8-11H2,1H3,(H,23,24);1H. The first-order chi connectivity index (χ1) is 11.7.